The summed E-state index contributed by atoms with van der Waals surface area (Å²) in [7, 11) is 0. The molecule has 1 aromatic carbocycles. The Morgan fingerprint density at radius 1 is 1.29 bits per heavy atom. The Morgan fingerprint density at radius 3 is 2.67 bits per heavy atom. The fraction of sp³-hybridized carbons (Fsp3) is 0.467. The van der Waals surface area contributed by atoms with Crippen LogP contribution in [0.2, 0.25) is 0 Å². The van der Waals surface area contributed by atoms with Crippen LogP contribution in [-0.2, 0) is 14.3 Å². The quantitative estimate of drug-likeness (QED) is 0.588. The third-order valence-corrected chi connectivity index (χ3v) is 4.72. The minimum Gasteiger partial charge on any atom is -0.455 e. The van der Waals surface area contributed by atoms with Crippen LogP contribution in [0.25, 0.3) is 0 Å². The number of thioether (sulfide) groups is 1. The van der Waals surface area contributed by atoms with E-state index < -0.39 is 0 Å². The highest BCUT2D eigenvalue weighted by Crippen LogP contribution is 2.28. The molecule has 116 valence electrons. The van der Waals surface area contributed by atoms with Crippen LogP contribution in [0.4, 0.5) is 0 Å². The number of amides is 1. The summed E-state index contributed by atoms with van der Waals surface area (Å²) in [5.41, 5.74) is 2.22. The number of hydrogen-bond donors (Lipinski definition) is 1. The molecule has 1 rings (SSSR count). The third-order valence-electron chi connectivity index (χ3n) is 2.74. The van der Waals surface area contributed by atoms with Crippen molar-refractivity contribution in [2.75, 3.05) is 18.9 Å². The summed E-state index contributed by atoms with van der Waals surface area (Å²) in [6.07, 6.45) is 0.859. The fourth-order valence-electron chi connectivity index (χ4n) is 1.55. The zero-order valence-electron chi connectivity index (χ0n) is 12.5. The molecule has 0 spiro atoms. The smallest absolute Gasteiger partial charge is 0.316 e. The lowest BCUT2D eigenvalue weighted by Crippen LogP contribution is -2.29. The molecule has 0 aliphatic heterocycles. The maximum Gasteiger partial charge on any atom is 0.316 e. The van der Waals surface area contributed by atoms with Crippen LogP contribution in [0.1, 0.15) is 24.5 Å². The van der Waals surface area contributed by atoms with Crippen molar-refractivity contribution >= 4 is 39.6 Å². The van der Waals surface area contributed by atoms with Gasteiger partial charge in [0.1, 0.15) is 0 Å². The summed E-state index contributed by atoms with van der Waals surface area (Å²) in [6, 6.07) is 4.06. The van der Waals surface area contributed by atoms with Crippen LogP contribution in [0, 0.1) is 13.8 Å². The lowest BCUT2D eigenvalue weighted by Gasteiger charge is -2.09. The monoisotopic (exact) mass is 373 g/mol. The Bertz CT molecular complexity index is 520. The molecule has 0 fully saturated rings. The molecule has 0 saturated heterocycles. The molecule has 0 aliphatic carbocycles. The topological polar surface area (TPSA) is 55.4 Å². The van der Waals surface area contributed by atoms with Gasteiger partial charge >= 0.3 is 5.97 Å². The number of hydrogen-bond acceptors (Lipinski definition) is 4. The van der Waals surface area contributed by atoms with Crippen molar-refractivity contribution in [1.82, 2.24) is 5.32 Å². The SMILES string of the molecule is CCCNC(=O)COC(=O)CSc1cc(C)c(Br)cc1C. The van der Waals surface area contributed by atoms with E-state index in [1.165, 1.54) is 11.8 Å². The molecular weight excluding hydrogens is 354 g/mol. The number of aryl methyl sites for hydroxylation is 2. The van der Waals surface area contributed by atoms with Crippen molar-refractivity contribution in [3.05, 3.63) is 27.7 Å². The van der Waals surface area contributed by atoms with Crippen LogP contribution in [0.3, 0.4) is 0 Å². The number of halogens is 1. The highest BCUT2D eigenvalue weighted by Gasteiger charge is 2.10. The van der Waals surface area contributed by atoms with Gasteiger partial charge in [0.15, 0.2) is 6.61 Å². The van der Waals surface area contributed by atoms with Crippen molar-refractivity contribution < 1.29 is 14.3 Å². The number of nitrogens with one attached hydrogen (secondary N) is 1. The first-order chi connectivity index (χ1) is 9.93. The number of carbonyl (C=O) groups is 2. The molecule has 4 nitrogen and oxygen atoms in total. The Hall–Kier alpha value is -1.01. The van der Waals surface area contributed by atoms with Crippen LogP contribution in [0.5, 0.6) is 0 Å². The zero-order valence-corrected chi connectivity index (χ0v) is 14.9. The summed E-state index contributed by atoms with van der Waals surface area (Å²) in [6.45, 7) is 6.35. The lowest BCUT2D eigenvalue weighted by atomic mass is 10.2. The number of carbonyl (C=O) groups excluding carboxylic acids is 2. The van der Waals surface area contributed by atoms with Crippen molar-refractivity contribution in [2.24, 2.45) is 0 Å². The van der Waals surface area contributed by atoms with Crippen LogP contribution >= 0.6 is 27.7 Å². The molecule has 1 aromatic rings. The maximum atomic E-state index is 11.6. The molecule has 1 N–H and O–H groups in total. The van der Waals surface area contributed by atoms with Crippen molar-refractivity contribution in [2.45, 2.75) is 32.1 Å². The van der Waals surface area contributed by atoms with Crippen molar-refractivity contribution in [1.29, 1.82) is 0 Å². The molecule has 1 amide bonds. The Morgan fingerprint density at radius 2 is 2.00 bits per heavy atom. The highest BCUT2D eigenvalue weighted by molar-refractivity contribution is 9.10. The standard InChI is InChI=1S/C15H20BrNO3S/c1-4-5-17-14(18)8-20-15(19)9-21-13-7-10(2)12(16)6-11(13)3/h6-7H,4-5,8-9H2,1-3H3,(H,17,18). The van der Waals surface area contributed by atoms with Gasteiger partial charge < -0.3 is 10.1 Å². The number of esters is 1. The molecule has 0 heterocycles. The number of rotatable bonds is 7. The highest BCUT2D eigenvalue weighted by atomic mass is 79.9. The summed E-state index contributed by atoms with van der Waals surface area (Å²) >= 11 is 4.90. The lowest BCUT2D eigenvalue weighted by molar-refractivity contribution is -0.145. The predicted octanol–water partition coefficient (Wildman–Crippen LogP) is 3.23. The van der Waals surface area contributed by atoms with Crippen molar-refractivity contribution in [3.8, 4) is 0 Å². The fourth-order valence-corrected chi connectivity index (χ4v) is 2.91. The molecule has 21 heavy (non-hydrogen) atoms. The molecule has 0 atom stereocenters. The largest absolute Gasteiger partial charge is 0.455 e. The Kier molecular flexibility index (Phi) is 7.82. The van der Waals surface area contributed by atoms with Crippen LogP contribution < -0.4 is 5.32 Å². The Balaban J connectivity index is 2.40. The molecule has 0 radical (unpaired) electrons. The second-order valence-corrected chi connectivity index (χ2v) is 6.54. The first kappa shape index (κ1) is 18.0. The molecule has 6 heteroatoms. The van der Waals surface area contributed by atoms with Crippen LogP contribution in [-0.4, -0.2) is 30.8 Å². The van der Waals surface area contributed by atoms with Gasteiger partial charge in [-0.3, -0.25) is 9.59 Å². The van der Waals surface area contributed by atoms with E-state index in [0.29, 0.717) is 6.54 Å². The van der Waals surface area contributed by atoms with E-state index in [4.69, 9.17) is 4.74 Å². The minimum atomic E-state index is -0.383. The number of ether oxygens (including phenoxy) is 1. The van der Waals surface area contributed by atoms with Gasteiger partial charge in [0.2, 0.25) is 0 Å². The van der Waals surface area contributed by atoms with E-state index >= 15 is 0 Å². The molecule has 0 bridgehead atoms. The normalized spacial score (nSPS) is 10.3. The van der Waals surface area contributed by atoms with Gasteiger partial charge in [0, 0.05) is 15.9 Å². The van der Waals surface area contributed by atoms with E-state index in [9.17, 15) is 9.59 Å². The molecular formula is C15H20BrNO3S. The van der Waals surface area contributed by atoms with E-state index in [1.54, 1.807) is 0 Å². The molecule has 0 unspecified atom stereocenters. The van der Waals surface area contributed by atoms with Gasteiger partial charge in [-0.15, -0.1) is 11.8 Å². The van der Waals surface area contributed by atoms with Crippen LogP contribution in [0.15, 0.2) is 21.5 Å². The second kappa shape index (κ2) is 9.10. The van der Waals surface area contributed by atoms with Crippen molar-refractivity contribution in [3.63, 3.8) is 0 Å². The average molecular weight is 374 g/mol. The number of benzene rings is 1. The van der Waals surface area contributed by atoms with E-state index in [1.807, 2.05) is 32.9 Å². The Labute approximate surface area is 138 Å². The first-order valence-electron chi connectivity index (χ1n) is 6.76. The summed E-state index contributed by atoms with van der Waals surface area (Å²) in [4.78, 5) is 24.0. The van der Waals surface area contributed by atoms with Gasteiger partial charge in [-0.1, -0.05) is 22.9 Å². The average Bonchev–Trinajstić information content (AvgIpc) is 2.45. The first-order valence-corrected chi connectivity index (χ1v) is 8.53. The molecule has 0 saturated carbocycles. The molecule has 0 aromatic heterocycles. The van der Waals surface area contributed by atoms with Gasteiger partial charge in [0.25, 0.3) is 5.91 Å². The van der Waals surface area contributed by atoms with Gasteiger partial charge in [-0.05, 0) is 43.5 Å². The van der Waals surface area contributed by atoms with Gasteiger partial charge in [-0.25, -0.2) is 0 Å². The predicted molar refractivity (Wildman–Crippen MR) is 88.6 cm³/mol. The second-order valence-electron chi connectivity index (χ2n) is 4.67. The maximum absolute atomic E-state index is 11.6. The third kappa shape index (κ3) is 6.52. The zero-order chi connectivity index (χ0) is 15.8. The van der Waals surface area contributed by atoms with E-state index in [-0.39, 0.29) is 24.2 Å². The summed E-state index contributed by atoms with van der Waals surface area (Å²) in [5, 5.41) is 2.66. The molecule has 0 aliphatic rings. The summed E-state index contributed by atoms with van der Waals surface area (Å²) in [5.74, 6) is -0.444. The van der Waals surface area contributed by atoms with E-state index in [0.717, 1.165) is 26.9 Å². The van der Waals surface area contributed by atoms with E-state index in [2.05, 4.69) is 21.2 Å². The summed E-state index contributed by atoms with van der Waals surface area (Å²) < 4.78 is 5.99. The van der Waals surface area contributed by atoms with Gasteiger partial charge in [-0.2, -0.15) is 0 Å². The minimum absolute atomic E-state index is 0.197. The van der Waals surface area contributed by atoms with Gasteiger partial charge in [0.05, 0.1) is 5.75 Å².